The van der Waals surface area contributed by atoms with E-state index < -0.39 is 10.0 Å². The maximum Gasteiger partial charge on any atom is 0.246 e. The van der Waals surface area contributed by atoms with Gasteiger partial charge in [-0.25, -0.2) is 8.42 Å². The first-order valence-electron chi connectivity index (χ1n) is 9.65. The molecule has 0 aliphatic carbocycles. The lowest BCUT2D eigenvalue weighted by atomic mass is 10.1. The molecule has 1 aliphatic rings. The number of carbonyl (C=O) groups excluding carboxylic acids is 1. The lowest BCUT2D eigenvalue weighted by Gasteiger charge is -2.26. The number of methoxy groups -OCH3 is 3. The second-order valence-electron chi connectivity index (χ2n) is 6.79. The van der Waals surface area contributed by atoms with E-state index in [0.717, 1.165) is 0 Å². The van der Waals surface area contributed by atoms with Crippen LogP contribution in [0.1, 0.15) is 5.56 Å². The first-order chi connectivity index (χ1) is 14.9. The van der Waals surface area contributed by atoms with E-state index in [1.807, 2.05) is 0 Å². The van der Waals surface area contributed by atoms with Crippen LogP contribution in [-0.2, 0) is 26.0 Å². The van der Waals surface area contributed by atoms with Crippen molar-refractivity contribution >= 4 is 21.6 Å². The van der Waals surface area contributed by atoms with Gasteiger partial charge in [-0.1, -0.05) is 6.07 Å². The third kappa shape index (κ3) is 5.27. The minimum absolute atomic E-state index is 0.0289. The van der Waals surface area contributed by atoms with Crippen molar-refractivity contribution in [2.75, 3.05) is 52.9 Å². The van der Waals surface area contributed by atoms with Crippen LogP contribution in [0.2, 0.25) is 0 Å². The highest BCUT2D eigenvalue weighted by atomic mass is 32.2. The fourth-order valence-electron chi connectivity index (χ4n) is 3.25. The number of amides is 1. The molecule has 1 N–H and O–H groups in total. The normalized spacial score (nSPS) is 14.7. The summed E-state index contributed by atoms with van der Waals surface area (Å²) >= 11 is 0. The fraction of sp³-hybridized carbons (Fsp3) is 0.381. The standard InChI is InChI=1S/C21H26N2O7S/c1-27-16-5-7-18(28-2)17(14-16)22-21(24)13-15-4-6-19(29-3)20(12-15)31(25,26)23-8-10-30-11-9-23/h4-7,12,14H,8-11,13H2,1-3H3,(H,22,24). The summed E-state index contributed by atoms with van der Waals surface area (Å²) in [4.78, 5) is 12.7. The Morgan fingerprint density at radius 3 is 2.32 bits per heavy atom. The molecule has 0 radical (unpaired) electrons. The van der Waals surface area contributed by atoms with Gasteiger partial charge in [0.2, 0.25) is 15.9 Å². The SMILES string of the molecule is COc1ccc(OC)c(NC(=O)Cc2ccc(OC)c(S(=O)(=O)N3CCOCC3)c2)c1. The van der Waals surface area contributed by atoms with Crippen LogP contribution >= 0.6 is 0 Å². The number of anilines is 1. The molecule has 0 unspecified atom stereocenters. The van der Waals surface area contributed by atoms with Gasteiger partial charge in [0.1, 0.15) is 22.1 Å². The number of ether oxygens (including phenoxy) is 4. The second kappa shape index (κ2) is 9.99. The van der Waals surface area contributed by atoms with Gasteiger partial charge in [-0.2, -0.15) is 4.31 Å². The molecule has 31 heavy (non-hydrogen) atoms. The van der Waals surface area contributed by atoms with E-state index in [1.54, 1.807) is 30.3 Å². The molecule has 2 aromatic carbocycles. The van der Waals surface area contributed by atoms with Crippen molar-refractivity contribution in [1.82, 2.24) is 4.31 Å². The summed E-state index contributed by atoms with van der Waals surface area (Å²) in [7, 11) is 0.663. The molecular formula is C21H26N2O7S. The Labute approximate surface area is 181 Å². The Morgan fingerprint density at radius 2 is 1.68 bits per heavy atom. The first-order valence-corrected chi connectivity index (χ1v) is 11.1. The predicted molar refractivity (Wildman–Crippen MR) is 114 cm³/mol. The minimum atomic E-state index is -3.78. The zero-order chi connectivity index (χ0) is 22.4. The number of benzene rings is 2. The molecule has 1 aliphatic heterocycles. The van der Waals surface area contributed by atoms with Gasteiger partial charge in [-0.3, -0.25) is 4.79 Å². The molecule has 3 rings (SSSR count). The summed E-state index contributed by atoms with van der Waals surface area (Å²) < 4.78 is 48.6. The average Bonchev–Trinajstić information content (AvgIpc) is 2.79. The molecule has 1 heterocycles. The highest BCUT2D eigenvalue weighted by Gasteiger charge is 2.29. The molecule has 0 saturated carbocycles. The average molecular weight is 451 g/mol. The van der Waals surface area contributed by atoms with E-state index in [4.69, 9.17) is 18.9 Å². The van der Waals surface area contributed by atoms with E-state index in [2.05, 4.69) is 5.32 Å². The van der Waals surface area contributed by atoms with Crippen LogP contribution in [0.4, 0.5) is 5.69 Å². The van der Waals surface area contributed by atoms with Crippen molar-refractivity contribution in [3.05, 3.63) is 42.0 Å². The quantitative estimate of drug-likeness (QED) is 0.655. The van der Waals surface area contributed by atoms with Crippen molar-refractivity contribution in [3.63, 3.8) is 0 Å². The van der Waals surface area contributed by atoms with Crippen LogP contribution < -0.4 is 19.5 Å². The van der Waals surface area contributed by atoms with Gasteiger partial charge >= 0.3 is 0 Å². The summed E-state index contributed by atoms with van der Waals surface area (Å²) in [5.41, 5.74) is 0.994. The molecule has 1 fully saturated rings. The van der Waals surface area contributed by atoms with Crippen LogP contribution in [0.3, 0.4) is 0 Å². The van der Waals surface area contributed by atoms with E-state index in [1.165, 1.54) is 31.7 Å². The summed E-state index contributed by atoms with van der Waals surface area (Å²) in [6.07, 6.45) is -0.0318. The molecule has 0 bridgehead atoms. The van der Waals surface area contributed by atoms with E-state index in [0.29, 0.717) is 36.0 Å². The summed E-state index contributed by atoms with van der Waals surface area (Å²) in [6, 6.07) is 9.77. The maximum atomic E-state index is 13.1. The fourth-order valence-corrected chi connectivity index (χ4v) is 4.86. The molecule has 1 amide bonds. The highest BCUT2D eigenvalue weighted by Crippen LogP contribution is 2.30. The minimum Gasteiger partial charge on any atom is -0.497 e. The molecule has 0 atom stereocenters. The molecule has 2 aromatic rings. The van der Waals surface area contributed by atoms with Crippen molar-refractivity contribution in [2.24, 2.45) is 0 Å². The topological polar surface area (TPSA) is 103 Å². The number of sulfonamides is 1. The third-order valence-corrected chi connectivity index (χ3v) is 6.78. The number of rotatable bonds is 8. The number of nitrogens with one attached hydrogen (secondary N) is 1. The monoisotopic (exact) mass is 450 g/mol. The van der Waals surface area contributed by atoms with Crippen molar-refractivity contribution < 1.29 is 32.2 Å². The van der Waals surface area contributed by atoms with Crippen molar-refractivity contribution in [3.8, 4) is 17.2 Å². The molecule has 1 saturated heterocycles. The summed E-state index contributed by atoms with van der Waals surface area (Å²) in [5, 5.41) is 2.78. The Bertz CT molecular complexity index is 1030. The van der Waals surface area contributed by atoms with Crippen LogP contribution in [0.25, 0.3) is 0 Å². The van der Waals surface area contributed by atoms with E-state index >= 15 is 0 Å². The van der Waals surface area contributed by atoms with Crippen LogP contribution in [0.15, 0.2) is 41.3 Å². The lowest BCUT2D eigenvalue weighted by Crippen LogP contribution is -2.40. The largest absolute Gasteiger partial charge is 0.497 e. The van der Waals surface area contributed by atoms with Gasteiger partial charge in [0.15, 0.2) is 0 Å². The number of hydrogen-bond donors (Lipinski definition) is 1. The molecule has 168 valence electrons. The smallest absolute Gasteiger partial charge is 0.246 e. The van der Waals surface area contributed by atoms with Crippen molar-refractivity contribution in [2.45, 2.75) is 11.3 Å². The third-order valence-electron chi connectivity index (χ3n) is 4.86. The maximum absolute atomic E-state index is 13.1. The Hall–Kier alpha value is -2.82. The zero-order valence-corrected chi connectivity index (χ0v) is 18.5. The Kier molecular flexibility index (Phi) is 7.37. The van der Waals surface area contributed by atoms with Gasteiger partial charge < -0.3 is 24.3 Å². The highest BCUT2D eigenvalue weighted by molar-refractivity contribution is 7.89. The number of morpholine rings is 1. The Morgan fingerprint density at radius 1 is 1.00 bits per heavy atom. The summed E-state index contributed by atoms with van der Waals surface area (Å²) in [6.45, 7) is 1.22. The van der Waals surface area contributed by atoms with E-state index in [9.17, 15) is 13.2 Å². The van der Waals surface area contributed by atoms with Gasteiger partial charge in [-0.05, 0) is 29.8 Å². The molecular weight excluding hydrogens is 424 g/mol. The van der Waals surface area contributed by atoms with Gasteiger partial charge in [0.25, 0.3) is 0 Å². The van der Waals surface area contributed by atoms with Crippen LogP contribution in [-0.4, -0.2) is 66.3 Å². The molecule has 0 spiro atoms. The number of carbonyl (C=O) groups is 1. The van der Waals surface area contributed by atoms with Gasteiger partial charge in [0, 0.05) is 19.2 Å². The lowest BCUT2D eigenvalue weighted by molar-refractivity contribution is -0.115. The number of nitrogens with zero attached hydrogens (tertiary/aromatic N) is 1. The van der Waals surface area contributed by atoms with Gasteiger partial charge in [0.05, 0.1) is 46.7 Å². The van der Waals surface area contributed by atoms with Gasteiger partial charge in [-0.15, -0.1) is 0 Å². The molecule has 0 aromatic heterocycles. The zero-order valence-electron chi connectivity index (χ0n) is 17.7. The predicted octanol–water partition coefficient (Wildman–Crippen LogP) is 1.91. The molecule has 9 nitrogen and oxygen atoms in total. The Balaban J connectivity index is 1.82. The summed E-state index contributed by atoms with van der Waals surface area (Å²) in [5.74, 6) is 0.954. The molecule has 10 heteroatoms. The van der Waals surface area contributed by atoms with Crippen molar-refractivity contribution in [1.29, 1.82) is 0 Å². The second-order valence-corrected chi connectivity index (χ2v) is 8.70. The van der Waals surface area contributed by atoms with Crippen LogP contribution in [0.5, 0.6) is 17.2 Å². The first kappa shape index (κ1) is 22.9. The van der Waals surface area contributed by atoms with E-state index in [-0.39, 0.29) is 36.1 Å². The van der Waals surface area contributed by atoms with Crippen LogP contribution in [0, 0.1) is 0 Å². The number of hydrogen-bond acceptors (Lipinski definition) is 7.